The van der Waals surface area contributed by atoms with Crippen molar-refractivity contribution >= 4 is 27.5 Å². The van der Waals surface area contributed by atoms with Crippen molar-refractivity contribution in [3.8, 4) is 0 Å². The van der Waals surface area contributed by atoms with Gasteiger partial charge in [0.2, 0.25) is 0 Å². The molecule has 0 spiro atoms. The van der Waals surface area contributed by atoms with E-state index in [9.17, 15) is 0 Å². The number of piperidine rings is 1. The molecule has 2 aliphatic heterocycles. The van der Waals surface area contributed by atoms with Gasteiger partial charge < -0.3 is 9.47 Å². The van der Waals surface area contributed by atoms with E-state index < -0.39 is 0 Å². The lowest BCUT2D eigenvalue weighted by molar-refractivity contribution is -0.111. The minimum Gasteiger partial charge on any atom is -0.349 e. The first-order valence-corrected chi connectivity index (χ1v) is 8.32. The standard InChI is InChI=1S/C15H19BrClNO2/c16-12-4-5-13(17)11(9-12)10-18-6-2-1-3-14(18)15-19-7-8-20-15/h4-5,9,14-15H,1-3,6-8,10H2. The third-order valence-corrected chi connectivity index (χ3v) is 4.87. The molecule has 0 aromatic heterocycles. The second kappa shape index (κ2) is 6.75. The highest BCUT2D eigenvalue weighted by molar-refractivity contribution is 9.10. The second-order valence-electron chi connectivity index (χ2n) is 5.38. The van der Waals surface area contributed by atoms with Crippen molar-refractivity contribution < 1.29 is 9.47 Å². The molecular formula is C15H19BrClNO2. The topological polar surface area (TPSA) is 21.7 Å². The van der Waals surface area contributed by atoms with Gasteiger partial charge in [0, 0.05) is 16.0 Å². The van der Waals surface area contributed by atoms with Crippen LogP contribution in [-0.2, 0) is 16.0 Å². The Labute approximate surface area is 133 Å². The lowest BCUT2D eigenvalue weighted by atomic mass is 10.0. The molecule has 1 unspecified atom stereocenters. The number of likely N-dealkylation sites (tertiary alicyclic amines) is 1. The zero-order valence-electron chi connectivity index (χ0n) is 11.4. The molecule has 5 heteroatoms. The number of rotatable bonds is 3. The predicted octanol–water partition coefficient (Wildman–Crippen LogP) is 3.83. The van der Waals surface area contributed by atoms with E-state index in [0.29, 0.717) is 19.3 Å². The number of nitrogens with zero attached hydrogens (tertiary/aromatic N) is 1. The average Bonchev–Trinajstić information content (AvgIpc) is 2.97. The molecule has 20 heavy (non-hydrogen) atoms. The Hall–Kier alpha value is -0.130. The van der Waals surface area contributed by atoms with Gasteiger partial charge in [0.25, 0.3) is 0 Å². The molecule has 1 atom stereocenters. The summed E-state index contributed by atoms with van der Waals surface area (Å²) >= 11 is 9.83. The van der Waals surface area contributed by atoms with Crippen LogP contribution in [0.3, 0.4) is 0 Å². The maximum Gasteiger partial charge on any atom is 0.173 e. The summed E-state index contributed by atoms with van der Waals surface area (Å²) in [7, 11) is 0. The van der Waals surface area contributed by atoms with Crippen molar-refractivity contribution in [2.75, 3.05) is 19.8 Å². The molecule has 1 aromatic rings. The highest BCUT2D eigenvalue weighted by Gasteiger charge is 2.33. The van der Waals surface area contributed by atoms with Gasteiger partial charge >= 0.3 is 0 Å². The molecule has 0 saturated carbocycles. The van der Waals surface area contributed by atoms with Crippen LogP contribution >= 0.6 is 27.5 Å². The van der Waals surface area contributed by atoms with Crippen molar-refractivity contribution in [1.82, 2.24) is 4.90 Å². The molecule has 1 aromatic carbocycles. The van der Waals surface area contributed by atoms with Crippen molar-refractivity contribution in [3.63, 3.8) is 0 Å². The summed E-state index contributed by atoms with van der Waals surface area (Å²) in [5, 5.41) is 0.825. The number of hydrogen-bond donors (Lipinski definition) is 0. The molecule has 3 nitrogen and oxygen atoms in total. The van der Waals surface area contributed by atoms with Crippen molar-refractivity contribution in [2.45, 2.75) is 38.1 Å². The van der Waals surface area contributed by atoms with Gasteiger partial charge in [-0.1, -0.05) is 34.0 Å². The highest BCUT2D eigenvalue weighted by atomic mass is 79.9. The first kappa shape index (κ1) is 14.8. The van der Waals surface area contributed by atoms with E-state index in [4.69, 9.17) is 21.1 Å². The largest absolute Gasteiger partial charge is 0.349 e. The van der Waals surface area contributed by atoms with Gasteiger partial charge in [-0.05, 0) is 43.1 Å². The molecule has 2 aliphatic rings. The summed E-state index contributed by atoms with van der Waals surface area (Å²) in [5.74, 6) is 0. The number of benzene rings is 1. The van der Waals surface area contributed by atoms with Crippen LogP contribution in [0, 0.1) is 0 Å². The third kappa shape index (κ3) is 3.37. The SMILES string of the molecule is Clc1ccc(Br)cc1CN1CCCCC1C1OCCO1. The van der Waals surface area contributed by atoms with E-state index in [1.807, 2.05) is 12.1 Å². The zero-order chi connectivity index (χ0) is 13.9. The highest BCUT2D eigenvalue weighted by Crippen LogP contribution is 2.29. The Morgan fingerprint density at radius 2 is 2.05 bits per heavy atom. The van der Waals surface area contributed by atoms with Crippen LogP contribution in [0.5, 0.6) is 0 Å². The maximum atomic E-state index is 6.31. The summed E-state index contributed by atoms with van der Waals surface area (Å²) in [5.41, 5.74) is 1.16. The molecule has 3 rings (SSSR count). The first-order valence-electron chi connectivity index (χ1n) is 7.15. The Morgan fingerprint density at radius 3 is 2.85 bits per heavy atom. The fourth-order valence-electron chi connectivity index (χ4n) is 3.00. The van der Waals surface area contributed by atoms with E-state index in [2.05, 4.69) is 26.9 Å². The number of hydrogen-bond acceptors (Lipinski definition) is 3. The fourth-order valence-corrected chi connectivity index (χ4v) is 3.59. The monoisotopic (exact) mass is 359 g/mol. The molecule has 0 aliphatic carbocycles. The lowest BCUT2D eigenvalue weighted by Gasteiger charge is -2.38. The first-order chi connectivity index (χ1) is 9.74. The van der Waals surface area contributed by atoms with Crippen LogP contribution in [0.4, 0.5) is 0 Å². The normalized spacial score (nSPS) is 25.2. The maximum absolute atomic E-state index is 6.31. The zero-order valence-corrected chi connectivity index (χ0v) is 13.7. The smallest absolute Gasteiger partial charge is 0.173 e. The molecule has 0 amide bonds. The minimum absolute atomic E-state index is 0.0683. The Morgan fingerprint density at radius 1 is 1.25 bits per heavy atom. The molecule has 0 radical (unpaired) electrons. The van der Waals surface area contributed by atoms with Crippen LogP contribution < -0.4 is 0 Å². The van der Waals surface area contributed by atoms with E-state index >= 15 is 0 Å². The van der Waals surface area contributed by atoms with Crippen molar-refractivity contribution in [3.05, 3.63) is 33.3 Å². The summed E-state index contributed by atoms with van der Waals surface area (Å²) in [6.07, 6.45) is 3.54. The van der Waals surface area contributed by atoms with Crippen LogP contribution in [-0.4, -0.2) is 37.0 Å². The van der Waals surface area contributed by atoms with Gasteiger partial charge in [-0.3, -0.25) is 4.90 Å². The molecular weight excluding hydrogens is 342 g/mol. The molecule has 110 valence electrons. The van der Waals surface area contributed by atoms with Crippen molar-refractivity contribution in [2.24, 2.45) is 0 Å². The van der Waals surface area contributed by atoms with Crippen LogP contribution in [0.1, 0.15) is 24.8 Å². The molecule has 0 N–H and O–H groups in total. The molecule has 2 fully saturated rings. The van der Waals surface area contributed by atoms with Gasteiger partial charge in [0.15, 0.2) is 6.29 Å². The van der Waals surface area contributed by atoms with Gasteiger partial charge in [-0.15, -0.1) is 0 Å². The minimum atomic E-state index is -0.0683. The summed E-state index contributed by atoms with van der Waals surface area (Å²) in [6, 6.07) is 6.37. The summed E-state index contributed by atoms with van der Waals surface area (Å²) in [6.45, 7) is 3.36. The number of halogens is 2. The third-order valence-electron chi connectivity index (χ3n) is 4.01. The molecule has 2 saturated heterocycles. The van der Waals surface area contributed by atoms with Crippen LogP contribution in [0.2, 0.25) is 5.02 Å². The van der Waals surface area contributed by atoms with Crippen LogP contribution in [0.25, 0.3) is 0 Å². The average molecular weight is 361 g/mol. The Bertz CT molecular complexity index is 465. The Kier molecular flexibility index (Phi) is 5.00. The van der Waals surface area contributed by atoms with E-state index in [0.717, 1.165) is 34.6 Å². The number of ether oxygens (including phenoxy) is 2. The summed E-state index contributed by atoms with van der Waals surface area (Å²) < 4.78 is 12.5. The Balaban J connectivity index is 1.74. The van der Waals surface area contributed by atoms with E-state index in [1.54, 1.807) is 0 Å². The lowest BCUT2D eigenvalue weighted by Crippen LogP contribution is -2.46. The van der Waals surface area contributed by atoms with Gasteiger partial charge in [-0.2, -0.15) is 0 Å². The quantitative estimate of drug-likeness (QED) is 0.818. The van der Waals surface area contributed by atoms with Crippen molar-refractivity contribution in [1.29, 1.82) is 0 Å². The van der Waals surface area contributed by atoms with E-state index in [-0.39, 0.29) is 6.29 Å². The molecule has 2 heterocycles. The fraction of sp³-hybridized carbons (Fsp3) is 0.600. The summed E-state index contributed by atoms with van der Waals surface area (Å²) in [4.78, 5) is 2.45. The van der Waals surface area contributed by atoms with Gasteiger partial charge in [0.1, 0.15) is 0 Å². The molecule has 0 bridgehead atoms. The van der Waals surface area contributed by atoms with Gasteiger partial charge in [-0.25, -0.2) is 0 Å². The van der Waals surface area contributed by atoms with Crippen LogP contribution in [0.15, 0.2) is 22.7 Å². The predicted molar refractivity (Wildman–Crippen MR) is 82.9 cm³/mol. The van der Waals surface area contributed by atoms with E-state index in [1.165, 1.54) is 12.8 Å². The second-order valence-corrected chi connectivity index (χ2v) is 6.70. The van der Waals surface area contributed by atoms with Gasteiger partial charge in [0.05, 0.1) is 19.3 Å².